The number of benzene rings is 1. The molecule has 0 aromatic heterocycles. The lowest BCUT2D eigenvalue weighted by Crippen LogP contribution is -2.49. The van der Waals surface area contributed by atoms with Gasteiger partial charge in [0.15, 0.2) is 0 Å². The first-order valence-electron chi connectivity index (χ1n) is 7.69. The Bertz CT molecular complexity index is 744. The predicted octanol–water partition coefficient (Wildman–Crippen LogP) is 0.672. The van der Waals surface area contributed by atoms with Gasteiger partial charge in [-0.1, -0.05) is 18.2 Å². The summed E-state index contributed by atoms with van der Waals surface area (Å²) >= 11 is 0. The van der Waals surface area contributed by atoms with Gasteiger partial charge < -0.3 is 5.32 Å². The number of hydrogen-bond donors (Lipinski definition) is 1. The van der Waals surface area contributed by atoms with Gasteiger partial charge in [0.2, 0.25) is 15.9 Å². The van der Waals surface area contributed by atoms with Crippen LogP contribution in [0, 0.1) is 5.82 Å². The van der Waals surface area contributed by atoms with E-state index < -0.39 is 27.6 Å². The van der Waals surface area contributed by atoms with Crippen molar-refractivity contribution in [1.29, 1.82) is 0 Å². The van der Waals surface area contributed by atoms with Crippen molar-refractivity contribution in [2.45, 2.75) is 24.6 Å². The van der Waals surface area contributed by atoms with Crippen LogP contribution in [0.3, 0.4) is 0 Å². The van der Waals surface area contributed by atoms with E-state index in [1.807, 2.05) is 0 Å². The van der Waals surface area contributed by atoms with Crippen LogP contribution >= 0.6 is 0 Å². The molecule has 2 saturated heterocycles. The SMILES string of the molecule is O=C1CNC(=O)N1C1CCN(S(=O)(=O)Cc2ccccc2F)CC1. The maximum Gasteiger partial charge on any atom is 0.324 e. The highest BCUT2D eigenvalue weighted by molar-refractivity contribution is 7.88. The van der Waals surface area contributed by atoms with Gasteiger partial charge in [-0.15, -0.1) is 0 Å². The zero-order valence-corrected chi connectivity index (χ0v) is 13.8. The lowest BCUT2D eigenvalue weighted by atomic mass is 10.1. The zero-order chi connectivity index (χ0) is 17.3. The average molecular weight is 355 g/mol. The van der Waals surface area contributed by atoms with Crippen LogP contribution in [0.25, 0.3) is 0 Å². The number of carbonyl (C=O) groups excluding carboxylic acids is 2. The van der Waals surface area contributed by atoms with Crippen molar-refractivity contribution in [3.8, 4) is 0 Å². The Balaban J connectivity index is 1.64. The minimum Gasteiger partial charge on any atom is -0.329 e. The van der Waals surface area contributed by atoms with Gasteiger partial charge in [0, 0.05) is 24.7 Å². The molecule has 1 aromatic rings. The molecule has 7 nitrogen and oxygen atoms in total. The van der Waals surface area contributed by atoms with Gasteiger partial charge in [-0.25, -0.2) is 21.9 Å². The van der Waals surface area contributed by atoms with E-state index in [4.69, 9.17) is 0 Å². The van der Waals surface area contributed by atoms with E-state index in [9.17, 15) is 22.4 Å². The number of imide groups is 1. The smallest absolute Gasteiger partial charge is 0.324 e. The molecule has 0 atom stereocenters. The molecule has 2 fully saturated rings. The number of piperidine rings is 1. The van der Waals surface area contributed by atoms with E-state index >= 15 is 0 Å². The van der Waals surface area contributed by atoms with E-state index in [-0.39, 0.29) is 37.1 Å². The van der Waals surface area contributed by atoms with Crippen LogP contribution in [0.5, 0.6) is 0 Å². The molecular weight excluding hydrogens is 337 g/mol. The molecule has 0 unspecified atom stereocenters. The van der Waals surface area contributed by atoms with Crippen molar-refractivity contribution in [2.24, 2.45) is 0 Å². The molecule has 3 amide bonds. The lowest BCUT2D eigenvalue weighted by Gasteiger charge is -2.34. The van der Waals surface area contributed by atoms with Crippen LogP contribution in [-0.2, 0) is 20.6 Å². The number of hydrogen-bond acceptors (Lipinski definition) is 4. The third kappa shape index (κ3) is 3.27. The molecule has 0 aliphatic carbocycles. The summed E-state index contributed by atoms with van der Waals surface area (Å²) in [6, 6.07) is 5.07. The third-order valence-electron chi connectivity index (χ3n) is 4.36. The van der Waals surface area contributed by atoms with Gasteiger partial charge in [0.05, 0.1) is 12.3 Å². The second-order valence-electron chi connectivity index (χ2n) is 5.90. The Morgan fingerprint density at radius 2 is 1.83 bits per heavy atom. The van der Waals surface area contributed by atoms with Crippen molar-refractivity contribution in [3.05, 3.63) is 35.6 Å². The normalized spacial score (nSPS) is 20.5. The molecule has 2 heterocycles. The highest BCUT2D eigenvalue weighted by Crippen LogP contribution is 2.23. The quantitative estimate of drug-likeness (QED) is 0.805. The maximum absolute atomic E-state index is 13.7. The fourth-order valence-corrected chi connectivity index (χ4v) is 4.66. The summed E-state index contributed by atoms with van der Waals surface area (Å²) in [7, 11) is -3.64. The first kappa shape index (κ1) is 16.8. The minimum absolute atomic E-state index is 0.00930. The molecule has 0 radical (unpaired) electrons. The van der Waals surface area contributed by atoms with Crippen LogP contribution in [0.2, 0.25) is 0 Å². The van der Waals surface area contributed by atoms with Gasteiger partial charge >= 0.3 is 6.03 Å². The van der Waals surface area contributed by atoms with E-state index in [0.29, 0.717) is 12.8 Å². The minimum atomic E-state index is -3.64. The Morgan fingerprint density at radius 1 is 1.17 bits per heavy atom. The summed E-state index contributed by atoms with van der Waals surface area (Å²) in [5, 5.41) is 2.46. The molecule has 24 heavy (non-hydrogen) atoms. The summed E-state index contributed by atoms with van der Waals surface area (Å²) in [5.74, 6) is -1.23. The Labute approximate surface area is 139 Å². The summed E-state index contributed by atoms with van der Waals surface area (Å²) < 4.78 is 39.9. The molecule has 9 heteroatoms. The van der Waals surface area contributed by atoms with Crippen LogP contribution in [-0.4, -0.2) is 55.2 Å². The lowest BCUT2D eigenvalue weighted by molar-refractivity contribution is -0.127. The van der Waals surface area contributed by atoms with E-state index in [1.54, 1.807) is 6.07 Å². The molecule has 0 saturated carbocycles. The topological polar surface area (TPSA) is 86.8 Å². The van der Waals surface area contributed by atoms with E-state index in [0.717, 1.165) is 0 Å². The summed E-state index contributed by atoms with van der Waals surface area (Å²) in [5.41, 5.74) is 0.133. The largest absolute Gasteiger partial charge is 0.329 e. The molecule has 0 bridgehead atoms. The Kier molecular flexibility index (Phi) is 4.55. The number of rotatable bonds is 4. The standard InChI is InChI=1S/C15H18FN3O4S/c16-13-4-2-1-3-11(13)10-24(22,23)18-7-5-12(6-8-18)19-14(20)9-17-15(19)21/h1-4,12H,5-10H2,(H,17,21). The highest BCUT2D eigenvalue weighted by Gasteiger charge is 2.38. The predicted molar refractivity (Wildman–Crippen MR) is 83.9 cm³/mol. The number of nitrogens with zero attached hydrogens (tertiary/aromatic N) is 2. The van der Waals surface area contributed by atoms with Crippen molar-refractivity contribution >= 4 is 22.0 Å². The number of carbonyl (C=O) groups is 2. The second kappa shape index (κ2) is 6.48. The van der Waals surface area contributed by atoms with Crippen molar-refractivity contribution in [3.63, 3.8) is 0 Å². The fourth-order valence-electron chi connectivity index (χ4n) is 3.09. The Morgan fingerprint density at radius 3 is 2.42 bits per heavy atom. The molecule has 2 aliphatic heterocycles. The van der Waals surface area contributed by atoms with E-state index in [2.05, 4.69) is 5.32 Å². The molecule has 1 N–H and O–H groups in total. The fraction of sp³-hybridized carbons (Fsp3) is 0.467. The maximum atomic E-state index is 13.7. The van der Waals surface area contributed by atoms with Crippen LogP contribution in [0.4, 0.5) is 9.18 Å². The molecular formula is C15H18FN3O4S. The van der Waals surface area contributed by atoms with E-state index in [1.165, 1.54) is 27.4 Å². The van der Waals surface area contributed by atoms with Crippen LogP contribution < -0.4 is 5.32 Å². The molecule has 130 valence electrons. The molecule has 0 spiro atoms. The van der Waals surface area contributed by atoms with Gasteiger partial charge in [-0.3, -0.25) is 9.69 Å². The first-order valence-corrected chi connectivity index (χ1v) is 9.30. The monoisotopic (exact) mass is 355 g/mol. The van der Waals surface area contributed by atoms with Crippen molar-refractivity contribution < 1.29 is 22.4 Å². The number of amides is 3. The number of sulfonamides is 1. The third-order valence-corrected chi connectivity index (χ3v) is 6.18. The molecule has 3 rings (SSSR count). The molecule has 2 aliphatic rings. The van der Waals surface area contributed by atoms with Crippen molar-refractivity contribution in [1.82, 2.24) is 14.5 Å². The van der Waals surface area contributed by atoms with Gasteiger partial charge in [-0.2, -0.15) is 0 Å². The number of nitrogens with one attached hydrogen (secondary N) is 1. The van der Waals surface area contributed by atoms with Crippen LogP contribution in [0.1, 0.15) is 18.4 Å². The zero-order valence-electron chi connectivity index (χ0n) is 12.9. The van der Waals surface area contributed by atoms with Gasteiger partial charge in [0.1, 0.15) is 5.82 Å². The van der Waals surface area contributed by atoms with Gasteiger partial charge in [-0.05, 0) is 18.9 Å². The summed E-state index contributed by atoms with van der Waals surface area (Å²) in [4.78, 5) is 24.6. The Hall–Kier alpha value is -2.00. The van der Waals surface area contributed by atoms with Crippen LogP contribution in [0.15, 0.2) is 24.3 Å². The summed E-state index contributed by atoms with van der Waals surface area (Å²) in [6.45, 7) is 0.404. The first-order chi connectivity index (χ1) is 11.4. The second-order valence-corrected chi connectivity index (χ2v) is 7.87. The summed E-state index contributed by atoms with van der Waals surface area (Å²) in [6.07, 6.45) is 0.769. The number of urea groups is 1. The van der Waals surface area contributed by atoms with Crippen molar-refractivity contribution in [2.75, 3.05) is 19.6 Å². The average Bonchev–Trinajstić information content (AvgIpc) is 2.88. The number of halogens is 1. The molecule has 1 aromatic carbocycles. The van der Waals surface area contributed by atoms with Gasteiger partial charge in [0.25, 0.3) is 0 Å². The highest BCUT2D eigenvalue weighted by atomic mass is 32.2.